The summed E-state index contributed by atoms with van der Waals surface area (Å²) in [6, 6.07) is 1.59. The van der Waals surface area contributed by atoms with E-state index in [2.05, 4.69) is 9.97 Å². The van der Waals surface area contributed by atoms with E-state index in [1.807, 2.05) is 0 Å². The highest BCUT2D eigenvalue weighted by molar-refractivity contribution is 7.99. The van der Waals surface area contributed by atoms with Gasteiger partial charge in [-0.15, -0.1) is 0 Å². The lowest BCUT2D eigenvalue weighted by molar-refractivity contribution is 0.454. The number of nitrogen functional groups attached to an aromatic ring is 1. The number of nitrogens with zero attached hydrogens (tertiary/aromatic N) is 2. The molecule has 0 aliphatic heterocycles. The minimum atomic E-state index is -0.0957. The maximum absolute atomic E-state index is 7.34. The number of hydrogen-bond acceptors (Lipinski definition) is 5. The number of hydrogen-bond donors (Lipinski definition) is 2. The number of halogens is 1. The van der Waals surface area contributed by atoms with Crippen molar-refractivity contribution in [2.45, 2.75) is 10.2 Å². The first-order valence-corrected chi connectivity index (χ1v) is 5.44. The molecular weight excluding hydrogens is 248 g/mol. The molecule has 0 saturated carbocycles. The van der Waals surface area contributed by atoms with Crippen LogP contribution in [0.3, 0.4) is 0 Å². The Morgan fingerprint density at radius 3 is 2.88 bits per heavy atom. The van der Waals surface area contributed by atoms with Crippen molar-refractivity contribution in [3.05, 3.63) is 35.3 Å². The Morgan fingerprint density at radius 2 is 2.25 bits per heavy atom. The number of nitrogens with one attached hydrogen (secondary N) is 1. The van der Waals surface area contributed by atoms with Crippen molar-refractivity contribution < 1.29 is 4.42 Å². The molecule has 2 heterocycles. The van der Waals surface area contributed by atoms with Crippen LogP contribution in [-0.4, -0.2) is 15.8 Å². The van der Waals surface area contributed by atoms with Gasteiger partial charge in [-0.25, -0.2) is 9.97 Å². The van der Waals surface area contributed by atoms with Gasteiger partial charge in [-0.05, 0) is 17.8 Å². The second-order valence-electron chi connectivity index (χ2n) is 2.79. The summed E-state index contributed by atoms with van der Waals surface area (Å²) < 4.78 is 5.06. The lowest BCUT2D eigenvalue weighted by Crippen LogP contribution is -2.12. The normalized spacial score (nSPS) is 10.3. The van der Waals surface area contributed by atoms with E-state index in [9.17, 15) is 0 Å². The molecule has 3 N–H and O–H groups in total. The van der Waals surface area contributed by atoms with Gasteiger partial charge in [0.05, 0.1) is 11.2 Å². The molecule has 5 nitrogen and oxygen atoms in total. The lowest BCUT2D eigenvalue weighted by atomic mass is 10.2. The van der Waals surface area contributed by atoms with E-state index in [1.54, 1.807) is 6.07 Å². The SMILES string of the molecule is N=C(N)c1ccnc(Sc2ncco2)c1Cl. The van der Waals surface area contributed by atoms with Crippen LogP contribution in [0.5, 0.6) is 0 Å². The van der Waals surface area contributed by atoms with Crippen molar-refractivity contribution in [1.82, 2.24) is 9.97 Å². The highest BCUT2D eigenvalue weighted by Gasteiger charge is 2.12. The number of amidine groups is 1. The fraction of sp³-hybridized carbons (Fsp3) is 0. The minimum absolute atomic E-state index is 0.0957. The Balaban J connectivity index is 2.35. The van der Waals surface area contributed by atoms with E-state index in [0.29, 0.717) is 20.8 Å². The summed E-state index contributed by atoms with van der Waals surface area (Å²) in [6.45, 7) is 0. The topological polar surface area (TPSA) is 88.8 Å². The number of pyridine rings is 1. The van der Waals surface area contributed by atoms with Gasteiger partial charge in [0.1, 0.15) is 17.1 Å². The molecule has 7 heteroatoms. The van der Waals surface area contributed by atoms with E-state index in [1.165, 1.54) is 30.4 Å². The Kier molecular flexibility index (Phi) is 3.12. The summed E-state index contributed by atoms with van der Waals surface area (Å²) >= 11 is 7.23. The summed E-state index contributed by atoms with van der Waals surface area (Å²) in [7, 11) is 0. The quantitative estimate of drug-likeness (QED) is 0.647. The zero-order valence-corrected chi connectivity index (χ0v) is 9.55. The molecular formula is C9H7ClN4OS. The van der Waals surface area contributed by atoms with E-state index in [0.717, 1.165) is 0 Å². The second kappa shape index (κ2) is 4.54. The molecule has 0 fully saturated rings. The zero-order chi connectivity index (χ0) is 11.5. The van der Waals surface area contributed by atoms with Crippen LogP contribution in [-0.2, 0) is 0 Å². The van der Waals surface area contributed by atoms with Crippen molar-refractivity contribution in [2.24, 2.45) is 5.73 Å². The van der Waals surface area contributed by atoms with E-state index >= 15 is 0 Å². The minimum Gasteiger partial charge on any atom is -0.440 e. The third-order valence-corrected chi connectivity index (χ3v) is 3.11. The van der Waals surface area contributed by atoms with Gasteiger partial charge < -0.3 is 10.2 Å². The molecule has 0 bridgehead atoms. The van der Waals surface area contributed by atoms with Crippen molar-refractivity contribution in [1.29, 1.82) is 5.41 Å². The van der Waals surface area contributed by atoms with Gasteiger partial charge >= 0.3 is 0 Å². The maximum Gasteiger partial charge on any atom is 0.262 e. The summed E-state index contributed by atoms with van der Waals surface area (Å²) in [5.41, 5.74) is 5.83. The summed E-state index contributed by atoms with van der Waals surface area (Å²) in [4.78, 5) is 8.01. The van der Waals surface area contributed by atoms with Gasteiger partial charge in [-0.3, -0.25) is 5.41 Å². The van der Waals surface area contributed by atoms with Crippen LogP contribution in [0.4, 0.5) is 0 Å². The molecule has 0 aromatic carbocycles. The van der Waals surface area contributed by atoms with Crippen LogP contribution in [0.2, 0.25) is 5.02 Å². The first-order valence-electron chi connectivity index (χ1n) is 4.24. The Morgan fingerprint density at radius 1 is 1.44 bits per heavy atom. The number of oxazole rings is 1. The molecule has 0 atom stereocenters. The van der Waals surface area contributed by atoms with Gasteiger partial charge in [0, 0.05) is 11.8 Å². The monoisotopic (exact) mass is 254 g/mol. The smallest absolute Gasteiger partial charge is 0.262 e. The summed E-state index contributed by atoms with van der Waals surface area (Å²) in [5, 5.41) is 8.62. The number of nitrogens with two attached hydrogens (primary N) is 1. The van der Waals surface area contributed by atoms with Crippen molar-refractivity contribution in [3.8, 4) is 0 Å². The van der Waals surface area contributed by atoms with Gasteiger partial charge in [-0.1, -0.05) is 11.6 Å². The third kappa shape index (κ3) is 2.17. The highest BCUT2D eigenvalue weighted by atomic mass is 35.5. The van der Waals surface area contributed by atoms with Gasteiger partial charge in [-0.2, -0.15) is 0 Å². The first kappa shape index (κ1) is 11.0. The van der Waals surface area contributed by atoms with Gasteiger partial charge in [0.15, 0.2) is 0 Å². The van der Waals surface area contributed by atoms with Crippen molar-refractivity contribution in [3.63, 3.8) is 0 Å². The van der Waals surface area contributed by atoms with Crippen LogP contribution in [0.15, 0.2) is 39.4 Å². The lowest BCUT2D eigenvalue weighted by Gasteiger charge is -2.04. The average Bonchev–Trinajstić information content (AvgIpc) is 2.73. The Bertz CT molecular complexity index is 514. The molecule has 16 heavy (non-hydrogen) atoms. The summed E-state index contributed by atoms with van der Waals surface area (Å²) in [5.74, 6) is -0.0957. The molecule has 0 aliphatic carbocycles. The van der Waals surface area contributed by atoms with Crippen molar-refractivity contribution >= 4 is 29.2 Å². The number of rotatable bonds is 3. The van der Waals surface area contributed by atoms with E-state index in [4.69, 9.17) is 27.2 Å². The Hall–Kier alpha value is -1.53. The molecule has 0 unspecified atom stereocenters. The molecule has 82 valence electrons. The molecule has 0 radical (unpaired) electrons. The van der Waals surface area contributed by atoms with Gasteiger partial charge in [0.2, 0.25) is 0 Å². The standard InChI is InChI=1S/C9H7ClN4OS/c10-6-5(7(11)12)1-2-13-8(6)16-9-14-3-4-15-9/h1-4H,(H3,11,12). The van der Waals surface area contributed by atoms with E-state index in [-0.39, 0.29) is 5.84 Å². The predicted molar refractivity (Wildman–Crippen MR) is 60.9 cm³/mol. The van der Waals surface area contributed by atoms with Crippen LogP contribution < -0.4 is 5.73 Å². The Labute approximate surface area is 101 Å². The van der Waals surface area contributed by atoms with Gasteiger partial charge in [0.25, 0.3) is 5.22 Å². The van der Waals surface area contributed by atoms with E-state index < -0.39 is 0 Å². The maximum atomic E-state index is 7.34. The molecule has 0 saturated heterocycles. The molecule has 2 aromatic heterocycles. The second-order valence-corrected chi connectivity index (χ2v) is 4.11. The third-order valence-electron chi connectivity index (χ3n) is 1.74. The molecule has 0 spiro atoms. The predicted octanol–water partition coefficient (Wildman–Crippen LogP) is 2.16. The van der Waals surface area contributed by atoms with Crippen LogP contribution in [0.25, 0.3) is 0 Å². The highest BCUT2D eigenvalue weighted by Crippen LogP contribution is 2.32. The fourth-order valence-electron chi connectivity index (χ4n) is 1.05. The molecule has 2 aromatic rings. The van der Waals surface area contributed by atoms with Crippen molar-refractivity contribution in [2.75, 3.05) is 0 Å². The fourth-order valence-corrected chi connectivity index (χ4v) is 2.07. The van der Waals surface area contributed by atoms with Crippen LogP contribution in [0, 0.1) is 5.41 Å². The summed E-state index contributed by atoms with van der Waals surface area (Å²) in [6.07, 6.45) is 4.53. The molecule has 2 rings (SSSR count). The largest absolute Gasteiger partial charge is 0.440 e. The van der Waals surface area contributed by atoms with Crippen LogP contribution >= 0.6 is 23.4 Å². The number of aromatic nitrogens is 2. The molecule has 0 amide bonds. The average molecular weight is 255 g/mol. The molecule has 0 aliphatic rings. The first-order chi connectivity index (χ1) is 7.68. The zero-order valence-electron chi connectivity index (χ0n) is 7.98. The van der Waals surface area contributed by atoms with Crippen LogP contribution in [0.1, 0.15) is 5.56 Å².